The standard InChI is InChI=1S/C20H23FN4/c1-3-25(4-2)14-13-22-19-16-10-6-8-12-18(16)23-20(24-19)15-9-5-7-11-17(15)21/h5-12H,3-4,13-14H2,1-2H3,(H,22,23,24)/p+1. The maximum Gasteiger partial charge on any atom is 0.165 e. The zero-order chi connectivity index (χ0) is 17.6. The second kappa shape index (κ2) is 8.03. The van der Waals surface area contributed by atoms with Crippen molar-refractivity contribution in [1.29, 1.82) is 0 Å². The zero-order valence-electron chi connectivity index (χ0n) is 14.7. The van der Waals surface area contributed by atoms with Crippen molar-refractivity contribution in [2.45, 2.75) is 13.8 Å². The molecule has 0 spiro atoms. The highest BCUT2D eigenvalue weighted by atomic mass is 19.1. The van der Waals surface area contributed by atoms with Crippen LogP contribution in [0.5, 0.6) is 0 Å². The molecule has 0 aliphatic rings. The molecule has 0 radical (unpaired) electrons. The smallest absolute Gasteiger partial charge is 0.165 e. The Bertz CT molecular complexity index is 846. The van der Waals surface area contributed by atoms with Crippen LogP contribution in [-0.4, -0.2) is 36.1 Å². The van der Waals surface area contributed by atoms with Gasteiger partial charge in [0.05, 0.1) is 37.3 Å². The first-order valence-corrected chi connectivity index (χ1v) is 8.82. The number of para-hydroxylation sites is 1. The summed E-state index contributed by atoms with van der Waals surface area (Å²) in [5, 5.41) is 4.38. The predicted molar refractivity (Wildman–Crippen MR) is 100 cm³/mol. The van der Waals surface area contributed by atoms with Crippen LogP contribution >= 0.6 is 0 Å². The molecule has 4 nitrogen and oxygen atoms in total. The Morgan fingerprint density at radius 1 is 0.960 bits per heavy atom. The number of hydrogen-bond acceptors (Lipinski definition) is 3. The molecule has 25 heavy (non-hydrogen) atoms. The van der Waals surface area contributed by atoms with E-state index in [4.69, 9.17) is 0 Å². The van der Waals surface area contributed by atoms with Gasteiger partial charge in [-0.25, -0.2) is 14.4 Å². The highest BCUT2D eigenvalue weighted by molar-refractivity contribution is 5.90. The van der Waals surface area contributed by atoms with E-state index in [2.05, 4.69) is 29.1 Å². The van der Waals surface area contributed by atoms with E-state index < -0.39 is 0 Å². The van der Waals surface area contributed by atoms with Crippen molar-refractivity contribution in [3.63, 3.8) is 0 Å². The van der Waals surface area contributed by atoms with E-state index in [0.29, 0.717) is 11.4 Å². The van der Waals surface area contributed by atoms with Crippen molar-refractivity contribution in [2.24, 2.45) is 0 Å². The molecule has 0 fully saturated rings. The number of aromatic nitrogens is 2. The number of likely N-dealkylation sites (N-methyl/N-ethyl adjacent to an activating group) is 1. The van der Waals surface area contributed by atoms with Crippen LogP contribution in [0, 0.1) is 5.82 Å². The van der Waals surface area contributed by atoms with E-state index in [1.807, 2.05) is 24.3 Å². The number of fused-ring (bicyclic) bond motifs is 1. The molecule has 0 aliphatic heterocycles. The molecular formula is C20H24FN4+. The molecule has 0 bridgehead atoms. The fraction of sp³-hybridized carbons (Fsp3) is 0.300. The van der Waals surface area contributed by atoms with E-state index in [-0.39, 0.29) is 5.82 Å². The monoisotopic (exact) mass is 339 g/mol. The lowest BCUT2D eigenvalue weighted by Crippen LogP contribution is -3.12. The number of nitrogens with one attached hydrogen (secondary N) is 2. The second-order valence-corrected chi connectivity index (χ2v) is 6.03. The summed E-state index contributed by atoms with van der Waals surface area (Å²) in [5.74, 6) is 0.862. The molecule has 1 aromatic heterocycles. The summed E-state index contributed by atoms with van der Waals surface area (Å²) in [4.78, 5) is 10.7. The fourth-order valence-corrected chi connectivity index (χ4v) is 2.94. The minimum Gasteiger partial charge on any atom is -0.364 e. The summed E-state index contributed by atoms with van der Waals surface area (Å²) < 4.78 is 14.2. The quantitative estimate of drug-likeness (QED) is 0.696. The van der Waals surface area contributed by atoms with E-state index in [0.717, 1.165) is 42.9 Å². The van der Waals surface area contributed by atoms with Gasteiger partial charge in [-0.1, -0.05) is 24.3 Å². The van der Waals surface area contributed by atoms with Crippen LogP contribution in [-0.2, 0) is 0 Å². The maximum atomic E-state index is 14.2. The summed E-state index contributed by atoms with van der Waals surface area (Å²) in [5.41, 5.74) is 1.24. The molecular weight excluding hydrogens is 315 g/mol. The van der Waals surface area contributed by atoms with Crippen LogP contribution in [0.3, 0.4) is 0 Å². The van der Waals surface area contributed by atoms with E-state index >= 15 is 0 Å². The summed E-state index contributed by atoms with van der Waals surface area (Å²) >= 11 is 0. The van der Waals surface area contributed by atoms with Crippen molar-refractivity contribution < 1.29 is 9.29 Å². The van der Waals surface area contributed by atoms with Gasteiger partial charge in [-0.05, 0) is 38.1 Å². The Balaban J connectivity index is 1.94. The van der Waals surface area contributed by atoms with Crippen molar-refractivity contribution in [3.05, 3.63) is 54.3 Å². The van der Waals surface area contributed by atoms with Gasteiger partial charge in [-0.15, -0.1) is 0 Å². The molecule has 0 saturated heterocycles. The van der Waals surface area contributed by atoms with Gasteiger partial charge in [0.2, 0.25) is 0 Å². The second-order valence-electron chi connectivity index (χ2n) is 6.03. The number of nitrogens with zero attached hydrogens (tertiary/aromatic N) is 2. The number of hydrogen-bond donors (Lipinski definition) is 2. The lowest BCUT2D eigenvalue weighted by molar-refractivity contribution is -0.894. The first-order chi connectivity index (χ1) is 12.2. The number of rotatable bonds is 7. The number of benzene rings is 2. The van der Waals surface area contributed by atoms with Gasteiger partial charge in [-0.2, -0.15) is 0 Å². The first-order valence-electron chi connectivity index (χ1n) is 8.82. The summed E-state index contributed by atoms with van der Waals surface area (Å²) in [6, 6.07) is 14.4. The molecule has 2 aromatic carbocycles. The Kier molecular flexibility index (Phi) is 5.56. The van der Waals surface area contributed by atoms with Crippen LogP contribution in [0.25, 0.3) is 22.3 Å². The molecule has 0 unspecified atom stereocenters. The Morgan fingerprint density at radius 2 is 1.68 bits per heavy atom. The van der Waals surface area contributed by atoms with Crippen molar-refractivity contribution in [1.82, 2.24) is 9.97 Å². The van der Waals surface area contributed by atoms with Gasteiger partial charge in [-0.3, -0.25) is 0 Å². The lowest BCUT2D eigenvalue weighted by Gasteiger charge is -2.16. The van der Waals surface area contributed by atoms with Gasteiger partial charge < -0.3 is 10.2 Å². The molecule has 0 amide bonds. The summed E-state index contributed by atoms with van der Waals surface area (Å²) in [6.45, 7) is 8.41. The van der Waals surface area contributed by atoms with E-state index in [9.17, 15) is 4.39 Å². The summed E-state index contributed by atoms with van der Waals surface area (Å²) in [7, 11) is 0. The largest absolute Gasteiger partial charge is 0.364 e. The Hall–Kier alpha value is -2.53. The SMILES string of the molecule is CC[NH+](CC)CCNc1nc(-c2ccccc2F)nc2ccccc12. The normalized spacial score (nSPS) is 11.2. The van der Waals surface area contributed by atoms with Gasteiger partial charge in [0.25, 0.3) is 0 Å². The van der Waals surface area contributed by atoms with Crippen LogP contribution in [0.2, 0.25) is 0 Å². The highest BCUT2D eigenvalue weighted by Crippen LogP contribution is 2.26. The molecule has 3 aromatic rings. The molecule has 1 heterocycles. The average Bonchev–Trinajstić information content (AvgIpc) is 2.65. The molecule has 3 rings (SSSR count). The molecule has 2 N–H and O–H groups in total. The third-order valence-corrected chi connectivity index (χ3v) is 4.49. The van der Waals surface area contributed by atoms with E-state index in [1.165, 1.54) is 11.0 Å². The highest BCUT2D eigenvalue weighted by Gasteiger charge is 2.12. The van der Waals surface area contributed by atoms with Gasteiger partial charge in [0, 0.05) is 5.39 Å². The molecule has 0 aliphatic carbocycles. The van der Waals surface area contributed by atoms with Crippen LogP contribution in [0.15, 0.2) is 48.5 Å². The molecule has 5 heteroatoms. The van der Waals surface area contributed by atoms with Crippen molar-refractivity contribution >= 4 is 16.7 Å². The molecule has 130 valence electrons. The Morgan fingerprint density at radius 3 is 2.44 bits per heavy atom. The van der Waals surface area contributed by atoms with Gasteiger partial charge >= 0.3 is 0 Å². The Labute approximate surface area is 147 Å². The maximum absolute atomic E-state index is 14.2. The summed E-state index contributed by atoms with van der Waals surface area (Å²) in [6.07, 6.45) is 0. The molecule has 0 atom stereocenters. The van der Waals surface area contributed by atoms with Crippen LogP contribution in [0.1, 0.15) is 13.8 Å². The van der Waals surface area contributed by atoms with Crippen molar-refractivity contribution in [2.75, 3.05) is 31.5 Å². The van der Waals surface area contributed by atoms with Crippen LogP contribution in [0.4, 0.5) is 10.2 Å². The predicted octanol–water partition coefficient (Wildman–Crippen LogP) is 2.77. The topological polar surface area (TPSA) is 42.2 Å². The first kappa shape index (κ1) is 17.3. The lowest BCUT2D eigenvalue weighted by atomic mass is 10.1. The zero-order valence-corrected chi connectivity index (χ0v) is 14.7. The van der Waals surface area contributed by atoms with Crippen molar-refractivity contribution in [3.8, 4) is 11.4 Å². The minimum absolute atomic E-state index is 0.309. The number of quaternary nitrogens is 1. The minimum atomic E-state index is -0.309. The number of anilines is 1. The van der Waals surface area contributed by atoms with E-state index in [1.54, 1.807) is 18.2 Å². The number of halogens is 1. The third kappa shape index (κ3) is 3.94. The third-order valence-electron chi connectivity index (χ3n) is 4.49. The van der Waals surface area contributed by atoms with Gasteiger partial charge in [0.15, 0.2) is 5.82 Å². The van der Waals surface area contributed by atoms with Crippen LogP contribution < -0.4 is 10.2 Å². The fourth-order valence-electron chi connectivity index (χ4n) is 2.94. The average molecular weight is 339 g/mol. The molecule has 0 saturated carbocycles. The van der Waals surface area contributed by atoms with Gasteiger partial charge in [0.1, 0.15) is 11.6 Å².